The van der Waals surface area contributed by atoms with E-state index in [4.69, 9.17) is 4.42 Å². The van der Waals surface area contributed by atoms with Crippen LogP contribution in [0, 0.1) is 5.92 Å². The molecule has 0 saturated carbocycles. The zero-order chi connectivity index (χ0) is 18.6. The van der Waals surface area contributed by atoms with Gasteiger partial charge in [-0.05, 0) is 36.6 Å². The van der Waals surface area contributed by atoms with Gasteiger partial charge in [-0.1, -0.05) is 26.0 Å². The third-order valence-corrected chi connectivity index (χ3v) is 3.66. The van der Waals surface area contributed by atoms with E-state index >= 15 is 0 Å². The number of rotatable bonds is 7. The number of furan rings is 1. The fraction of sp³-hybridized carbons (Fsp3) is 0.389. The minimum Gasteiger partial charge on any atom is -0.480 e. The van der Waals surface area contributed by atoms with Crippen LogP contribution < -0.4 is 5.32 Å². The van der Waals surface area contributed by atoms with Gasteiger partial charge in [-0.15, -0.1) is 0 Å². The van der Waals surface area contributed by atoms with Crippen LogP contribution >= 0.6 is 0 Å². The van der Waals surface area contributed by atoms with E-state index in [1.165, 1.54) is 12.1 Å². The zero-order valence-electron chi connectivity index (χ0n) is 13.9. The van der Waals surface area contributed by atoms with Gasteiger partial charge >= 0.3 is 12.1 Å². The maximum absolute atomic E-state index is 12.8. The predicted octanol–water partition coefficient (Wildman–Crippen LogP) is 4.55. The second kappa shape index (κ2) is 7.74. The Morgan fingerprint density at radius 3 is 2.56 bits per heavy atom. The number of hydrogen-bond donors (Lipinski definition) is 2. The molecule has 1 atom stereocenters. The maximum Gasteiger partial charge on any atom is 0.416 e. The molecule has 0 unspecified atom stereocenters. The van der Waals surface area contributed by atoms with Gasteiger partial charge in [0.2, 0.25) is 0 Å². The fourth-order valence-corrected chi connectivity index (χ4v) is 2.44. The van der Waals surface area contributed by atoms with E-state index in [1.807, 2.05) is 13.8 Å². The Hall–Kier alpha value is -2.28. The van der Waals surface area contributed by atoms with Gasteiger partial charge in [0, 0.05) is 5.56 Å². The highest BCUT2D eigenvalue weighted by molar-refractivity contribution is 5.73. The average molecular weight is 355 g/mol. The number of carboxylic acid groups (broad SMARTS) is 1. The quantitative estimate of drug-likeness (QED) is 0.765. The Morgan fingerprint density at radius 1 is 1.24 bits per heavy atom. The normalized spacial score (nSPS) is 13.2. The van der Waals surface area contributed by atoms with E-state index in [9.17, 15) is 23.1 Å². The lowest BCUT2D eigenvalue weighted by atomic mass is 10.0. The molecule has 0 bridgehead atoms. The number of carbonyl (C=O) groups is 1. The van der Waals surface area contributed by atoms with Crippen molar-refractivity contribution in [2.75, 3.05) is 0 Å². The summed E-state index contributed by atoms with van der Waals surface area (Å²) < 4.78 is 43.9. The Kier molecular flexibility index (Phi) is 5.89. The summed E-state index contributed by atoms with van der Waals surface area (Å²) in [5.41, 5.74) is -0.429. The van der Waals surface area contributed by atoms with Crippen molar-refractivity contribution in [3.05, 3.63) is 47.7 Å². The van der Waals surface area contributed by atoms with Crippen molar-refractivity contribution in [2.24, 2.45) is 5.92 Å². The molecule has 0 saturated heterocycles. The number of nitrogens with one attached hydrogen (secondary N) is 1. The molecular formula is C18H20F3NO3. The molecule has 2 rings (SSSR count). The van der Waals surface area contributed by atoms with E-state index in [-0.39, 0.29) is 12.5 Å². The van der Waals surface area contributed by atoms with E-state index in [2.05, 4.69) is 5.32 Å². The van der Waals surface area contributed by atoms with Crippen LogP contribution in [0.25, 0.3) is 11.3 Å². The Labute approximate surface area is 143 Å². The van der Waals surface area contributed by atoms with Gasteiger partial charge in [-0.2, -0.15) is 13.2 Å². The second-order valence-electron chi connectivity index (χ2n) is 6.25. The molecule has 2 aromatic rings. The Bertz CT molecular complexity index is 722. The van der Waals surface area contributed by atoms with Crippen LogP contribution in [-0.2, 0) is 17.5 Å². The van der Waals surface area contributed by atoms with E-state index < -0.39 is 23.8 Å². The van der Waals surface area contributed by atoms with Crippen molar-refractivity contribution >= 4 is 5.97 Å². The molecule has 136 valence electrons. The summed E-state index contributed by atoms with van der Waals surface area (Å²) in [6.07, 6.45) is -3.95. The Morgan fingerprint density at radius 2 is 1.96 bits per heavy atom. The van der Waals surface area contributed by atoms with Crippen molar-refractivity contribution in [3.63, 3.8) is 0 Å². The zero-order valence-corrected chi connectivity index (χ0v) is 13.9. The first-order chi connectivity index (χ1) is 11.7. The molecule has 2 N–H and O–H groups in total. The lowest BCUT2D eigenvalue weighted by Crippen LogP contribution is -2.37. The molecule has 7 heteroatoms. The molecule has 4 nitrogen and oxygen atoms in total. The van der Waals surface area contributed by atoms with E-state index in [0.717, 1.165) is 12.1 Å². The maximum atomic E-state index is 12.8. The largest absolute Gasteiger partial charge is 0.480 e. The fourth-order valence-electron chi connectivity index (χ4n) is 2.44. The first kappa shape index (κ1) is 19.1. The first-order valence-electron chi connectivity index (χ1n) is 7.89. The van der Waals surface area contributed by atoms with Crippen LogP contribution in [0.4, 0.5) is 13.2 Å². The average Bonchev–Trinajstić information content (AvgIpc) is 2.99. The molecule has 1 aromatic carbocycles. The highest BCUT2D eigenvalue weighted by Gasteiger charge is 2.30. The summed E-state index contributed by atoms with van der Waals surface area (Å²) in [6, 6.07) is 7.36. The van der Waals surface area contributed by atoms with Crippen LogP contribution in [0.2, 0.25) is 0 Å². The number of halogens is 3. The SMILES string of the molecule is CC(C)C[C@H](NCc1ccc(-c2cccc(C(F)(F)F)c2)o1)C(=O)O. The number of aliphatic carboxylic acids is 1. The topological polar surface area (TPSA) is 62.5 Å². The number of hydrogen-bond acceptors (Lipinski definition) is 3. The summed E-state index contributed by atoms with van der Waals surface area (Å²) in [4.78, 5) is 11.2. The van der Waals surface area contributed by atoms with Gasteiger partial charge in [0.1, 0.15) is 17.6 Å². The molecule has 0 aliphatic heterocycles. The summed E-state index contributed by atoms with van der Waals surface area (Å²) in [7, 11) is 0. The standard InChI is InChI=1S/C18H20F3NO3/c1-11(2)8-15(17(23)24)22-10-14-6-7-16(25-14)12-4-3-5-13(9-12)18(19,20)21/h3-7,9,11,15,22H,8,10H2,1-2H3,(H,23,24)/t15-/m0/s1. The number of alkyl halides is 3. The van der Waals surface area contributed by atoms with Crippen molar-refractivity contribution < 1.29 is 27.5 Å². The molecular weight excluding hydrogens is 335 g/mol. The smallest absolute Gasteiger partial charge is 0.416 e. The van der Waals surface area contributed by atoms with Gasteiger partial charge in [0.25, 0.3) is 0 Å². The molecule has 0 aliphatic rings. The van der Waals surface area contributed by atoms with Gasteiger partial charge in [-0.3, -0.25) is 10.1 Å². The molecule has 0 amide bonds. The van der Waals surface area contributed by atoms with Crippen molar-refractivity contribution in [2.45, 2.75) is 39.0 Å². The first-order valence-corrected chi connectivity index (χ1v) is 7.89. The predicted molar refractivity (Wildman–Crippen MR) is 86.9 cm³/mol. The monoisotopic (exact) mass is 355 g/mol. The molecule has 0 fully saturated rings. The number of carboxylic acids is 1. The summed E-state index contributed by atoms with van der Waals surface area (Å²) in [5, 5.41) is 12.1. The van der Waals surface area contributed by atoms with Crippen LogP contribution in [0.15, 0.2) is 40.8 Å². The highest BCUT2D eigenvalue weighted by atomic mass is 19.4. The van der Waals surface area contributed by atoms with E-state index in [0.29, 0.717) is 23.5 Å². The third-order valence-electron chi connectivity index (χ3n) is 3.66. The Balaban J connectivity index is 2.09. The lowest BCUT2D eigenvalue weighted by Gasteiger charge is -2.15. The van der Waals surface area contributed by atoms with Crippen LogP contribution in [0.3, 0.4) is 0 Å². The summed E-state index contributed by atoms with van der Waals surface area (Å²) in [5.74, 6) is 0.0327. The lowest BCUT2D eigenvalue weighted by molar-refractivity contribution is -0.140. The molecule has 0 radical (unpaired) electrons. The minimum absolute atomic E-state index is 0.183. The van der Waals surface area contributed by atoms with Gasteiger partial charge in [0.15, 0.2) is 0 Å². The van der Waals surface area contributed by atoms with Crippen molar-refractivity contribution in [3.8, 4) is 11.3 Å². The van der Waals surface area contributed by atoms with Crippen molar-refractivity contribution in [1.82, 2.24) is 5.32 Å². The minimum atomic E-state index is -4.42. The number of benzene rings is 1. The highest BCUT2D eigenvalue weighted by Crippen LogP contribution is 2.32. The molecule has 25 heavy (non-hydrogen) atoms. The molecule has 1 aromatic heterocycles. The third kappa shape index (κ3) is 5.35. The molecule has 1 heterocycles. The molecule has 0 spiro atoms. The van der Waals surface area contributed by atoms with Gasteiger partial charge in [0.05, 0.1) is 12.1 Å². The molecule has 0 aliphatic carbocycles. The summed E-state index contributed by atoms with van der Waals surface area (Å²) in [6.45, 7) is 4.04. The van der Waals surface area contributed by atoms with Gasteiger partial charge in [-0.25, -0.2) is 0 Å². The van der Waals surface area contributed by atoms with E-state index in [1.54, 1.807) is 12.1 Å². The van der Waals surface area contributed by atoms with Crippen LogP contribution in [0.5, 0.6) is 0 Å². The van der Waals surface area contributed by atoms with Crippen molar-refractivity contribution in [1.29, 1.82) is 0 Å². The van der Waals surface area contributed by atoms with Crippen LogP contribution in [-0.4, -0.2) is 17.1 Å². The van der Waals surface area contributed by atoms with Gasteiger partial charge < -0.3 is 9.52 Å². The second-order valence-corrected chi connectivity index (χ2v) is 6.25. The van der Waals surface area contributed by atoms with Crippen LogP contribution in [0.1, 0.15) is 31.6 Å². The summed E-state index contributed by atoms with van der Waals surface area (Å²) >= 11 is 0.